The molecule has 0 spiro atoms. The molecule has 0 aliphatic carbocycles. The van der Waals surface area contributed by atoms with Gasteiger partial charge in [-0.3, -0.25) is 14.0 Å². The van der Waals surface area contributed by atoms with Gasteiger partial charge in [0.1, 0.15) is 11.3 Å². The monoisotopic (exact) mass is 496 g/mol. The molecule has 1 saturated heterocycles. The van der Waals surface area contributed by atoms with Gasteiger partial charge >= 0.3 is 0 Å². The fourth-order valence-electron chi connectivity index (χ4n) is 4.19. The normalized spacial score (nSPS) is 18.3. The predicted molar refractivity (Wildman–Crippen MR) is 126 cm³/mol. The van der Waals surface area contributed by atoms with E-state index in [1.165, 1.54) is 0 Å². The first kappa shape index (κ1) is 22.2. The number of aryl methyl sites for hydroxylation is 1. The van der Waals surface area contributed by atoms with Gasteiger partial charge in [-0.1, -0.05) is 34.1 Å². The molecule has 1 N–H and O–H groups in total. The van der Waals surface area contributed by atoms with Gasteiger partial charge in [-0.15, -0.1) is 0 Å². The fraction of sp³-hybridized carbons (Fsp3) is 0.292. The van der Waals surface area contributed by atoms with E-state index in [-0.39, 0.29) is 11.3 Å². The minimum atomic E-state index is -0.675. The Morgan fingerprint density at radius 2 is 1.88 bits per heavy atom. The Hall–Kier alpha value is -2.97. The molecule has 4 rings (SSSR count). The summed E-state index contributed by atoms with van der Waals surface area (Å²) in [6, 6.07) is 12.3. The van der Waals surface area contributed by atoms with E-state index in [2.05, 4.69) is 20.9 Å². The van der Waals surface area contributed by atoms with Gasteiger partial charge in [0.2, 0.25) is 0 Å². The number of carbonyl (C=O) groups is 2. The topological polar surface area (TPSA) is 78.1 Å². The Labute approximate surface area is 195 Å². The van der Waals surface area contributed by atoms with Crippen molar-refractivity contribution in [1.29, 1.82) is 0 Å². The molecule has 1 aliphatic rings. The Bertz CT molecular complexity index is 1210. The molecule has 7 nitrogen and oxygen atoms in total. The second-order valence-corrected chi connectivity index (χ2v) is 9.09. The molecule has 32 heavy (non-hydrogen) atoms. The van der Waals surface area contributed by atoms with Gasteiger partial charge in [-0.05, 0) is 63.8 Å². The molecule has 1 amide bonds. The molecule has 8 heteroatoms. The number of likely N-dealkylation sites (tertiary alicyclic amines) is 1. The maximum Gasteiger partial charge on any atom is 0.295 e. The number of aromatic nitrogens is 2. The molecule has 0 unspecified atom stereocenters. The SMILES string of the molecule is Cc1nc2ccccn2c1C(O)=C1C(=O)C(=O)N(CCCN(C)C)[C@H]1c1ccc(Br)cc1. The minimum absolute atomic E-state index is 0.0935. The number of halogens is 1. The van der Waals surface area contributed by atoms with Gasteiger partial charge in [-0.25, -0.2) is 4.98 Å². The lowest BCUT2D eigenvalue weighted by Gasteiger charge is -2.26. The average Bonchev–Trinajstić information content (AvgIpc) is 3.22. The lowest BCUT2D eigenvalue weighted by molar-refractivity contribution is -0.139. The molecule has 0 bridgehead atoms. The third kappa shape index (κ3) is 3.96. The van der Waals surface area contributed by atoms with Gasteiger partial charge in [0.05, 0.1) is 17.3 Å². The van der Waals surface area contributed by atoms with Crippen LogP contribution in [0.5, 0.6) is 0 Å². The smallest absolute Gasteiger partial charge is 0.295 e. The highest BCUT2D eigenvalue weighted by atomic mass is 79.9. The van der Waals surface area contributed by atoms with E-state index >= 15 is 0 Å². The Balaban J connectivity index is 1.87. The summed E-state index contributed by atoms with van der Waals surface area (Å²) in [5, 5.41) is 11.4. The van der Waals surface area contributed by atoms with Crippen LogP contribution in [0.1, 0.15) is 29.4 Å². The van der Waals surface area contributed by atoms with Crippen molar-refractivity contribution in [3.8, 4) is 0 Å². The van der Waals surface area contributed by atoms with E-state index in [0.29, 0.717) is 30.0 Å². The number of ketones is 1. The third-order valence-corrected chi connectivity index (χ3v) is 6.19. The van der Waals surface area contributed by atoms with Crippen molar-refractivity contribution in [3.05, 3.63) is 75.7 Å². The second-order valence-electron chi connectivity index (χ2n) is 8.18. The first-order valence-corrected chi connectivity index (χ1v) is 11.2. The number of imidazole rings is 1. The molecule has 3 aromatic rings. The summed E-state index contributed by atoms with van der Waals surface area (Å²) in [5.41, 5.74) is 2.53. The number of nitrogens with zero attached hydrogens (tertiary/aromatic N) is 4. The number of fused-ring (bicyclic) bond motifs is 1. The number of aliphatic hydroxyl groups excluding tert-OH is 1. The van der Waals surface area contributed by atoms with Crippen molar-refractivity contribution < 1.29 is 14.7 Å². The number of rotatable bonds is 6. The predicted octanol–water partition coefficient (Wildman–Crippen LogP) is 3.78. The van der Waals surface area contributed by atoms with Gasteiger partial charge in [-0.2, -0.15) is 0 Å². The number of benzene rings is 1. The van der Waals surface area contributed by atoms with Crippen LogP contribution in [0.25, 0.3) is 11.4 Å². The zero-order chi connectivity index (χ0) is 23.0. The molecule has 166 valence electrons. The highest BCUT2D eigenvalue weighted by Gasteiger charge is 2.46. The highest BCUT2D eigenvalue weighted by Crippen LogP contribution is 2.40. The molecule has 2 aromatic heterocycles. The van der Waals surface area contributed by atoms with Crippen LogP contribution in [0.3, 0.4) is 0 Å². The van der Waals surface area contributed by atoms with E-state index in [1.807, 2.05) is 61.5 Å². The van der Waals surface area contributed by atoms with Crippen molar-refractivity contribution in [2.24, 2.45) is 0 Å². The fourth-order valence-corrected chi connectivity index (χ4v) is 4.45. The number of amides is 1. The molecule has 1 aromatic carbocycles. The lowest BCUT2D eigenvalue weighted by Crippen LogP contribution is -2.32. The molecule has 1 atom stereocenters. The van der Waals surface area contributed by atoms with Crippen LogP contribution < -0.4 is 0 Å². The van der Waals surface area contributed by atoms with Crippen LogP contribution in [0.15, 0.2) is 58.7 Å². The molecule has 0 saturated carbocycles. The minimum Gasteiger partial charge on any atom is -0.505 e. The van der Waals surface area contributed by atoms with Crippen molar-refractivity contribution in [2.45, 2.75) is 19.4 Å². The number of hydrogen-bond donors (Lipinski definition) is 1. The molecule has 3 heterocycles. The summed E-state index contributed by atoms with van der Waals surface area (Å²) in [6.07, 6.45) is 2.49. The molecule has 0 radical (unpaired) electrons. The van der Waals surface area contributed by atoms with Gasteiger partial charge in [0.25, 0.3) is 11.7 Å². The summed E-state index contributed by atoms with van der Waals surface area (Å²) in [6.45, 7) is 2.97. The second kappa shape index (κ2) is 8.88. The van der Waals surface area contributed by atoms with Crippen molar-refractivity contribution in [2.75, 3.05) is 27.2 Å². The Morgan fingerprint density at radius 1 is 1.16 bits per heavy atom. The summed E-state index contributed by atoms with van der Waals surface area (Å²) in [4.78, 5) is 34.3. The number of aliphatic hydroxyl groups is 1. The Kier molecular flexibility index (Phi) is 6.17. The quantitative estimate of drug-likeness (QED) is 0.319. The Morgan fingerprint density at radius 3 is 2.56 bits per heavy atom. The van der Waals surface area contributed by atoms with Crippen molar-refractivity contribution >= 4 is 39.0 Å². The van der Waals surface area contributed by atoms with Gasteiger partial charge in [0, 0.05) is 17.2 Å². The van der Waals surface area contributed by atoms with E-state index in [0.717, 1.165) is 16.6 Å². The van der Waals surface area contributed by atoms with E-state index in [9.17, 15) is 14.7 Å². The number of hydrogen-bond acceptors (Lipinski definition) is 5. The average molecular weight is 497 g/mol. The number of Topliss-reactive ketones (excluding diaryl/α,β-unsaturated/α-hetero) is 1. The van der Waals surface area contributed by atoms with Crippen LogP contribution in [0.4, 0.5) is 0 Å². The van der Waals surface area contributed by atoms with Crippen LogP contribution in [0.2, 0.25) is 0 Å². The first-order valence-electron chi connectivity index (χ1n) is 10.4. The molecule has 1 fully saturated rings. The summed E-state index contributed by atoms with van der Waals surface area (Å²) in [7, 11) is 3.93. The van der Waals surface area contributed by atoms with Crippen LogP contribution >= 0.6 is 15.9 Å². The summed E-state index contributed by atoms with van der Waals surface area (Å²) < 4.78 is 2.63. The maximum atomic E-state index is 13.2. The number of pyridine rings is 1. The molecular weight excluding hydrogens is 472 g/mol. The molecular formula is C24H25BrN4O3. The lowest BCUT2D eigenvalue weighted by atomic mass is 9.96. The van der Waals surface area contributed by atoms with Crippen molar-refractivity contribution in [1.82, 2.24) is 19.2 Å². The van der Waals surface area contributed by atoms with E-state index in [4.69, 9.17) is 0 Å². The van der Waals surface area contributed by atoms with Gasteiger partial charge < -0.3 is 14.9 Å². The largest absolute Gasteiger partial charge is 0.505 e. The maximum absolute atomic E-state index is 13.2. The molecule has 1 aliphatic heterocycles. The van der Waals surface area contributed by atoms with Crippen LogP contribution in [-0.4, -0.2) is 63.2 Å². The zero-order valence-corrected chi connectivity index (χ0v) is 19.8. The van der Waals surface area contributed by atoms with Crippen LogP contribution in [0, 0.1) is 6.92 Å². The first-order chi connectivity index (χ1) is 15.3. The van der Waals surface area contributed by atoms with E-state index < -0.39 is 17.7 Å². The number of carbonyl (C=O) groups excluding carboxylic acids is 2. The standard InChI is InChI=1S/C24H25BrN4O3/c1-15-20(28-13-5-4-7-18(28)26-15)22(30)19-21(16-8-10-17(25)11-9-16)29(24(32)23(19)31)14-6-12-27(2)3/h4-5,7-11,13,21,30H,6,12,14H2,1-3H3/t21-/m0/s1. The summed E-state index contributed by atoms with van der Waals surface area (Å²) >= 11 is 3.44. The third-order valence-electron chi connectivity index (χ3n) is 5.66. The van der Waals surface area contributed by atoms with Crippen molar-refractivity contribution in [3.63, 3.8) is 0 Å². The van der Waals surface area contributed by atoms with Gasteiger partial charge in [0.15, 0.2) is 5.76 Å². The summed E-state index contributed by atoms with van der Waals surface area (Å²) in [5.74, 6) is -1.47. The van der Waals surface area contributed by atoms with E-state index in [1.54, 1.807) is 22.4 Å². The highest BCUT2D eigenvalue weighted by molar-refractivity contribution is 9.10. The zero-order valence-electron chi connectivity index (χ0n) is 18.2. The van der Waals surface area contributed by atoms with Crippen LogP contribution in [-0.2, 0) is 9.59 Å².